The molecule has 0 fully saturated rings. The second kappa shape index (κ2) is 4.79. The van der Waals surface area contributed by atoms with Crippen molar-refractivity contribution in [1.82, 2.24) is 5.43 Å². The number of hydrazone groups is 1. The van der Waals surface area contributed by atoms with E-state index in [2.05, 4.69) is 10.5 Å². The smallest absolute Gasteiger partial charge is 0.356 e. The first-order valence-corrected chi connectivity index (χ1v) is 5.04. The summed E-state index contributed by atoms with van der Waals surface area (Å²) in [6, 6.07) is 8.84. The molecule has 0 radical (unpaired) electrons. The van der Waals surface area contributed by atoms with Crippen molar-refractivity contribution in [3.63, 3.8) is 0 Å². The highest BCUT2D eigenvalue weighted by atomic mass is 16.4. The molecule has 1 rings (SSSR count). The number of carbonyl (C=O) groups is 1. The fourth-order valence-electron chi connectivity index (χ4n) is 1.06. The first-order valence-electron chi connectivity index (χ1n) is 5.04. The highest BCUT2D eigenvalue weighted by Gasteiger charge is 2.14. The van der Waals surface area contributed by atoms with Crippen LogP contribution in [0, 0.1) is 0 Å². The van der Waals surface area contributed by atoms with Gasteiger partial charge in [-0.2, -0.15) is 5.10 Å². The van der Waals surface area contributed by atoms with Gasteiger partial charge in [0.25, 0.3) is 0 Å². The van der Waals surface area contributed by atoms with Crippen LogP contribution in [-0.2, 0) is 4.79 Å². The molecule has 0 aliphatic heterocycles. The summed E-state index contributed by atoms with van der Waals surface area (Å²) in [5.74, 6) is -1.04. The topological polar surface area (TPSA) is 61.7 Å². The van der Waals surface area contributed by atoms with Crippen LogP contribution in [0.4, 0.5) is 0 Å². The molecule has 0 aliphatic rings. The Morgan fingerprint density at radius 3 is 2.25 bits per heavy atom. The lowest BCUT2D eigenvalue weighted by Gasteiger charge is -2.18. The lowest BCUT2D eigenvalue weighted by atomic mass is 10.1. The number of carboxylic acids is 1. The fourth-order valence-corrected chi connectivity index (χ4v) is 1.06. The summed E-state index contributed by atoms with van der Waals surface area (Å²) in [5.41, 5.74) is 3.17. The molecule has 2 N–H and O–H groups in total. The lowest BCUT2D eigenvalue weighted by molar-refractivity contribution is -0.129. The lowest BCUT2D eigenvalue weighted by Crippen LogP contribution is -2.33. The Morgan fingerprint density at radius 2 is 1.81 bits per heavy atom. The normalized spacial score (nSPS) is 12.3. The third kappa shape index (κ3) is 3.73. The maximum absolute atomic E-state index is 11.0. The molecule has 16 heavy (non-hydrogen) atoms. The van der Waals surface area contributed by atoms with Crippen LogP contribution in [0.5, 0.6) is 0 Å². The van der Waals surface area contributed by atoms with Gasteiger partial charge < -0.3 is 10.5 Å². The van der Waals surface area contributed by atoms with E-state index in [1.165, 1.54) is 0 Å². The van der Waals surface area contributed by atoms with Crippen molar-refractivity contribution in [3.05, 3.63) is 35.9 Å². The van der Waals surface area contributed by atoms with Crippen LogP contribution < -0.4 is 5.43 Å². The zero-order chi connectivity index (χ0) is 12.2. The summed E-state index contributed by atoms with van der Waals surface area (Å²) < 4.78 is 0. The minimum Gasteiger partial charge on any atom is -0.476 e. The largest absolute Gasteiger partial charge is 0.476 e. The Labute approximate surface area is 95.0 Å². The van der Waals surface area contributed by atoms with Gasteiger partial charge >= 0.3 is 5.97 Å². The van der Waals surface area contributed by atoms with E-state index in [0.717, 1.165) is 0 Å². The van der Waals surface area contributed by atoms with Gasteiger partial charge in [0.05, 0.1) is 0 Å². The van der Waals surface area contributed by atoms with Gasteiger partial charge in [-0.1, -0.05) is 30.3 Å². The maximum atomic E-state index is 11.0. The molecule has 0 bridgehead atoms. The summed E-state index contributed by atoms with van der Waals surface area (Å²) in [6.07, 6.45) is 0. The van der Waals surface area contributed by atoms with Crippen LogP contribution in [0.2, 0.25) is 0 Å². The summed E-state index contributed by atoms with van der Waals surface area (Å²) in [7, 11) is 0. The Kier molecular flexibility index (Phi) is 3.66. The summed E-state index contributed by atoms with van der Waals surface area (Å²) in [6.45, 7) is 5.75. The maximum Gasteiger partial charge on any atom is 0.356 e. The van der Waals surface area contributed by atoms with Gasteiger partial charge in [0.1, 0.15) is 0 Å². The molecule has 0 unspecified atom stereocenters. The van der Waals surface area contributed by atoms with Crippen LogP contribution in [0.15, 0.2) is 35.4 Å². The molecule has 1 aromatic rings. The molecule has 0 heterocycles. The third-order valence-electron chi connectivity index (χ3n) is 1.75. The van der Waals surface area contributed by atoms with Crippen molar-refractivity contribution in [1.29, 1.82) is 0 Å². The van der Waals surface area contributed by atoms with E-state index in [0.29, 0.717) is 5.56 Å². The molecule has 0 aliphatic carbocycles. The van der Waals surface area contributed by atoms with E-state index in [-0.39, 0.29) is 11.3 Å². The van der Waals surface area contributed by atoms with Crippen LogP contribution in [0.1, 0.15) is 26.3 Å². The van der Waals surface area contributed by atoms with Crippen LogP contribution in [0.25, 0.3) is 0 Å². The van der Waals surface area contributed by atoms with Crippen molar-refractivity contribution in [3.8, 4) is 0 Å². The monoisotopic (exact) mass is 220 g/mol. The Morgan fingerprint density at radius 1 is 1.25 bits per heavy atom. The SMILES string of the molecule is CC(C)(C)NN=C(C(=O)O)c1ccccc1. The van der Waals surface area contributed by atoms with Gasteiger partial charge in [-0.3, -0.25) is 0 Å². The summed E-state index contributed by atoms with van der Waals surface area (Å²) >= 11 is 0. The third-order valence-corrected chi connectivity index (χ3v) is 1.75. The molecule has 0 saturated carbocycles. The van der Waals surface area contributed by atoms with Gasteiger partial charge in [0.15, 0.2) is 5.71 Å². The first-order chi connectivity index (χ1) is 7.40. The van der Waals surface area contributed by atoms with E-state index >= 15 is 0 Å². The van der Waals surface area contributed by atoms with Gasteiger partial charge in [-0.25, -0.2) is 4.79 Å². The number of benzene rings is 1. The number of rotatable bonds is 3. The zero-order valence-electron chi connectivity index (χ0n) is 9.69. The molecular formula is C12H16N2O2. The van der Waals surface area contributed by atoms with Crippen LogP contribution in [-0.4, -0.2) is 22.3 Å². The first kappa shape index (κ1) is 12.2. The Hall–Kier alpha value is -1.84. The number of carboxylic acid groups (broad SMARTS) is 1. The second-order valence-corrected chi connectivity index (χ2v) is 4.49. The molecule has 0 amide bonds. The molecule has 4 heteroatoms. The van der Waals surface area contributed by atoms with E-state index in [4.69, 9.17) is 5.11 Å². The fraction of sp³-hybridized carbons (Fsp3) is 0.333. The van der Waals surface area contributed by atoms with Gasteiger partial charge in [-0.05, 0) is 20.8 Å². The number of nitrogens with zero attached hydrogens (tertiary/aromatic N) is 1. The second-order valence-electron chi connectivity index (χ2n) is 4.49. The van der Waals surface area contributed by atoms with Crippen molar-refractivity contribution in [2.45, 2.75) is 26.3 Å². The minimum absolute atomic E-state index is 0.0236. The van der Waals surface area contributed by atoms with E-state index in [1.807, 2.05) is 26.8 Å². The average molecular weight is 220 g/mol. The van der Waals surface area contributed by atoms with Gasteiger partial charge in [0.2, 0.25) is 0 Å². The highest BCUT2D eigenvalue weighted by molar-refractivity contribution is 6.42. The Balaban J connectivity index is 2.97. The number of nitrogens with one attached hydrogen (secondary N) is 1. The number of aliphatic carboxylic acids is 1. The van der Waals surface area contributed by atoms with E-state index < -0.39 is 5.97 Å². The summed E-state index contributed by atoms with van der Waals surface area (Å²) in [4.78, 5) is 11.0. The van der Waals surface area contributed by atoms with E-state index in [1.54, 1.807) is 24.3 Å². The number of hydrogen-bond acceptors (Lipinski definition) is 3. The standard InChI is InChI=1S/C12H16N2O2/c1-12(2,3)14-13-10(11(15)16)9-7-5-4-6-8-9/h4-8,14H,1-3H3,(H,15,16). The van der Waals surface area contributed by atoms with Crippen LogP contribution >= 0.6 is 0 Å². The molecule has 1 aromatic carbocycles. The van der Waals surface area contributed by atoms with Crippen LogP contribution in [0.3, 0.4) is 0 Å². The van der Waals surface area contributed by atoms with Crippen molar-refractivity contribution < 1.29 is 9.90 Å². The predicted octanol–water partition coefficient (Wildman–Crippen LogP) is 1.86. The number of hydrogen-bond donors (Lipinski definition) is 2. The molecular weight excluding hydrogens is 204 g/mol. The van der Waals surface area contributed by atoms with Crippen molar-refractivity contribution in [2.75, 3.05) is 0 Å². The summed E-state index contributed by atoms with van der Waals surface area (Å²) in [5, 5.41) is 13.0. The molecule has 0 atom stereocenters. The molecule has 0 spiro atoms. The van der Waals surface area contributed by atoms with Gasteiger partial charge in [-0.15, -0.1) is 0 Å². The molecule has 0 aromatic heterocycles. The van der Waals surface area contributed by atoms with Crippen molar-refractivity contribution in [2.24, 2.45) is 5.10 Å². The Bertz CT molecular complexity index is 391. The zero-order valence-corrected chi connectivity index (χ0v) is 9.69. The average Bonchev–Trinajstić information content (AvgIpc) is 2.17. The quantitative estimate of drug-likeness (QED) is 0.603. The predicted molar refractivity (Wildman–Crippen MR) is 63.5 cm³/mol. The highest BCUT2D eigenvalue weighted by Crippen LogP contribution is 2.03. The molecule has 4 nitrogen and oxygen atoms in total. The van der Waals surface area contributed by atoms with Crippen molar-refractivity contribution >= 4 is 11.7 Å². The molecule has 86 valence electrons. The minimum atomic E-state index is -1.04. The van der Waals surface area contributed by atoms with E-state index in [9.17, 15) is 4.79 Å². The molecule has 0 saturated heterocycles. The van der Waals surface area contributed by atoms with Gasteiger partial charge in [0, 0.05) is 11.1 Å².